The Hall–Kier alpha value is -4.51. The predicted molar refractivity (Wildman–Crippen MR) is 170 cm³/mol. The average Bonchev–Trinajstić information content (AvgIpc) is 3.03. The predicted octanol–water partition coefficient (Wildman–Crippen LogP) is 4.00. The normalized spacial score (nSPS) is 17.1. The zero-order valence-electron chi connectivity index (χ0n) is 26.2. The third kappa shape index (κ3) is 7.90. The second kappa shape index (κ2) is 15.3. The second-order valence-corrected chi connectivity index (χ2v) is 10.7. The van der Waals surface area contributed by atoms with E-state index in [1.54, 1.807) is 46.1 Å². The number of anilines is 2. The summed E-state index contributed by atoms with van der Waals surface area (Å²) in [5, 5.41) is 8.93. The van der Waals surface area contributed by atoms with Crippen LogP contribution in [0, 0.1) is 0 Å². The molecule has 44 heavy (non-hydrogen) atoms. The van der Waals surface area contributed by atoms with Crippen molar-refractivity contribution in [2.75, 3.05) is 70.3 Å². The summed E-state index contributed by atoms with van der Waals surface area (Å²) in [6.07, 6.45) is 0.821. The highest BCUT2D eigenvalue weighted by Crippen LogP contribution is 2.39. The molecular formula is C33H43N5O6. The first kappa shape index (κ1) is 32.4. The van der Waals surface area contributed by atoms with Gasteiger partial charge in [0.2, 0.25) is 0 Å². The van der Waals surface area contributed by atoms with Crippen LogP contribution in [0.15, 0.2) is 71.1 Å². The lowest BCUT2D eigenvalue weighted by molar-refractivity contribution is -0.139. The number of nitrogens with one attached hydrogen (secondary N) is 3. The molecule has 1 atom stereocenters. The lowest BCUT2D eigenvalue weighted by Crippen LogP contribution is -2.47. The molecule has 236 valence electrons. The molecule has 11 nitrogen and oxygen atoms in total. The molecule has 0 radical (unpaired) electrons. The number of allylic oxidation sites excluding steroid dienone is 2. The molecule has 2 aromatic carbocycles. The maximum atomic E-state index is 13.0. The van der Waals surface area contributed by atoms with E-state index in [2.05, 4.69) is 37.9 Å². The number of hydrogen-bond donors (Lipinski definition) is 3. The Kier molecular flexibility index (Phi) is 11.3. The first-order valence-electron chi connectivity index (χ1n) is 15.0. The maximum absolute atomic E-state index is 13.0. The van der Waals surface area contributed by atoms with Crippen molar-refractivity contribution >= 4 is 29.3 Å². The molecular weight excluding hydrogens is 562 g/mol. The van der Waals surface area contributed by atoms with Gasteiger partial charge in [-0.3, -0.25) is 4.90 Å². The first-order valence-corrected chi connectivity index (χ1v) is 15.0. The molecule has 3 N–H and O–H groups in total. The SMILES string of the molecule is CCOC(=O)C1=C(C)NC(C)=C(C(=O)OC)C1c1cccc(NC(=O)NCCCN2CCN(c3cccc(OC)c3)CC2)c1. The summed E-state index contributed by atoms with van der Waals surface area (Å²) in [6.45, 7) is 10.7. The number of hydrogen-bond acceptors (Lipinski definition) is 9. The van der Waals surface area contributed by atoms with Crippen LogP contribution in [0.25, 0.3) is 0 Å². The van der Waals surface area contributed by atoms with E-state index in [9.17, 15) is 14.4 Å². The molecule has 0 aliphatic carbocycles. The molecule has 0 bridgehead atoms. The minimum absolute atomic E-state index is 0.194. The summed E-state index contributed by atoms with van der Waals surface area (Å²) in [7, 11) is 2.99. The number of ether oxygens (including phenoxy) is 3. The van der Waals surface area contributed by atoms with Gasteiger partial charge in [-0.25, -0.2) is 14.4 Å². The zero-order chi connectivity index (χ0) is 31.6. The Morgan fingerprint density at radius 1 is 0.932 bits per heavy atom. The standard InChI is InChI=1S/C33H43N5O6/c1-6-44-32(40)29-23(3)35-22(2)28(31(39)43-5)30(29)24-10-7-11-25(20-24)36-33(41)34-14-9-15-37-16-18-38(19-17-37)26-12-8-13-27(21-26)42-4/h7-8,10-13,20-21,30,35H,6,9,14-19H2,1-5H3,(H2,34,36,41). The molecule has 2 aliphatic rings. The van der Waals surface area contributed by atoms with E-state index in [-0.39, 0.29) is 12.6 Å². The van der Waals surface area contributed by atoms with Crippen molar-refractivity contribution in [2.24, 2.45) is 0 Å². The van der Waals surface area contributed by atoms with Crippen molar-refractivity contribution in [3.63, 3.8) is 0 Å². The van der Waals surface area contributed by atoms with Crippen molar-refractivity contribution in [1.82, 2.24) is 15.5 Å². The van der Waals surface area contributed by atoms with Gasteiger partial charge in [0.1, 0.15) is 5.75 Å². The van der Waals surface area contributed by atoms with E-state index in [1.165, 1.54) is 12.8 Å². The van der Waals surface area contributed by atoms with Crippen molar-refractivity contribution in [1.29, 1.82) is 0 Å². The number of methoxy groups -OCH3 is 2. The average molecular weight is 606 g/mol. The van der Waals surface area contributed by atoms with E-state index < -0.39 is 17.9 Å². The summed E-state index contributed by atoms with van der Waals surface area (Å²) < 4.78 is 15.7. The number of carbonyl (C=O) groups is 3. The molecule has 0 spiro atoms. The van der Waals surface area contributed by atoms with Gasteiger partial charge in [-0.2, -0.15) is 0 Å². The Morgan fingerprint density at radius 3 is 2.32 bits per heavy atom. The van der Waals surface area contributed by atoms with Crippen LogP contribution in [-0.4, -0.2) is 83.0 Å². The molecule has 2 heterocycles. The Bertz CT molecular complexity index is 1410. The maximum Gasteiger partial charge on any atom is 0.336 e. The minimum Gasteiger partial charge on any atom is -0.497 e. The summed E-state index contributed by atoms with van der Waals surface area (Å²) in [6, 6.07) is 14.9. The number of rotatable bonds is 11. The molecule has 0 saturated carbocycles. The highest BCUT2D eigenvalue weighted by Gasteiger charge is 2.37. The van der Waals surface area contributed by atoms with Gasteiger partial charge in [0.25, 0.3) is 0 Å². The van der Waals surface area contributed by atoms with Crippen LogP contribution in [0.3, 0.4) is 0 Å². The third-order valence-electron chi connectivity index (χ3n) is 7.87. The minimum atomic E-state index is -0.725. The smallest absolute Gasteiger partial charge is 0.336 e. The van der Waals surface area contributed by atoms with Crippen LogP contribution in [0.4, 0.5) is 16.2 Å². The number of piperazine rings is 1. The fraction of sp³-hybridized carbons (Fsp3) is 0.424. The molecule has 4 rings (SSSR count). The van der Waals surface area contributed by atoms with E-state index >= 15 is 0 Å². The van der Waals surface area contributed by atoms with Gasteiger partial charge < -0.3 is 35.1 Å². The Morgan fingerprint density at radius 2 is 1.64 bits per heavy atom. The van der Waals surface area contributed by atoms with Gasteiger partial charge in [-0.1, -0.05) is 18.2 Å². The van der Waals surface area contributed by atoms with Gasteiger partial charge in [0, 0.05) is 61.6 Å². The Balaban J connectivity index is 1.32. The molecule has 1 fully saturated rings. The topological polar surface area (TPSA) is 121 Å². The van der Waals surface area contributed by atoms with E-state index in [1.807, 2.05) is 18.2 Å². The van der Waals surface area contributed by atoms with Gasteiger partial charge in [0.15, 0.2) is 0 Å². The number of esters is 2. The lowest BCUT2D eigenvalue weighted by atomic mass is 9.80. The molecule has 1 unspecified atom stereocenters. The summed E-state index contributed by atoms with van der Waals surface area (Å²) >= 11 is 0. The van der Waals surface area contributed by atoms with Crippen molar-refractivity contribution < 1.29 is 28.6 Å². The second-order valence-electron chi connectivity index (χ2n) is 10.7. The number of dihydropyridines is 1. The number of urea groups is 1. The van der Waals surface area contributed by atoms with Gasteiger partial charge >= 0.3 is 18.0 Å². The molecule has 11 heteroatoms. The molecule has 2 aliphatic heterocycles. The fourth-order valence-corrected chi connectivity index (χ4v) is 5.70. The number of benzene rings is 2. The number of amides is 2. The van der Waals surface area contributed by atoms with Crippen molar-refractivity contribution in [2.45, 2.75) is 33.1 Å². The summed E-state index contributed by atoms with van der Waals surface area (Å²) in [4.78, 5) is 43.4. The summed E-state index contributed by atoms with van der Waals surface area (Å²) in [5.41, 5.74) is 4.18. The Labute approximate surface area is 259 Å². The van der Waals surface area contributed by atoms with Crippen LogP contribution in [0.2, 0.25) is 0 Å². The molecule has 2 aromatic rings. The number of carbonyl (C=O) groups excluding carboxylic acids is 3. The van der Waals surface area contributed by atoms with Crippen LogP contribution in [0.5, 0.6) is 5.75 Å². The van der Waals surface area contributed by atoms with Crippen LogP contribution in [-0.2, 0) is 19.1 Å². The first-order chi connectivity index (χ1) is 21.2. The third-order valence-corrected chi connectivity index (χ3v) is 7.87. The van der Waals surface area contributed by atoms with Crippen LogP contribution in [0.1, 0.15) is 38.7 Å². The quantitative estimate of drug-likeness (QED) is 0.258. The highest BCUT2D eigenvalue weighted by molar-refractivity contribution is 6.00. The number of nitrogens with zero attached hydrogens (tertiary/aromatic N) is 2. The lowest BCUT2D eigenvalue weighted by Gasteiger charge is -2.36. The summed E-state index contributed by atoms with van der Waals surface area (Å²) in [5.74, 6) is -0.934. The van der Waals surface area contributed by atoms with E-state index in [0.717, 1.165) is 44.9 Å². The van der Waals surface area contributed by atoms with Gasteiger partial charge in [0.05, 0.1) is 37.9 Å². The highest BCUT2D eigenvalue weighted by atomic mass is 16.5. The monoisotopic (exact) mass is 605 g/mol. The largest absolute Gasteiger partial charge is 0.497 e. The van der Waals surface area contributed by atoms with Crippen molar-refractivity contribution in [3.05, 3.63) is 76.6 Å². The molecule has 1 saturated heterocycles. The zero-order valence-corrected chi connectivity index (χ0v) is 26.2. The van der Waals surface area contributed by atoms with Crippen LogP contribution < -0.4 is 25.6 Å². The fourth-order valence-electron chi connectivity index (χ4n) is 5.70. The van der Waals surface area contributed by atoms with Gasteiger partial charge in [-0.05, 0) is 63.6 Å². The van der Waals surface area contributed by atoms with E-state index in [4.69, 9.17) is 14.2 Å². The van der Waals surface area contributed by atoms with E-state index in [0.29, 0.717) is 40.3 Å². The van der Waals surface area contributed by atoms with Crippen LogP contribution >= 0.6 is 0 Å². The molecule has 0 aromatic heterocycles. The molecule has 2 amide bonds. The van der Waals surface area contributed by atoms with Crippen molar-refractivity contribution in [3.8, 4) is 5.75 Å². The van der Waals surface area contributed by atoms with Gasteiger partial charge in [-0.15, -0.1) is 0 Å².